The van der Waals surface area contributed by atoms with Crippen LogP contribution in [0.15, 0.2) is 47.4 Å². The lowest BCUT2D eigenvalue weighted by molar-refractivity contribution is 0.123. The molecule has 3 heterocycles. The van der Waals surface area contributed by atoms with E-state index in [1.807, 2.05) is 13.0 Å². The van der Waals surface area contributed by atoms with Crippen LogP contribution in [0.5, 0.6) is 5.75 Å². The van der Waals surface area contributed by atoms with E-state index in [0.717, 1.165) is 49.1 Å². The number of benzene rings is 2. The number of piperidine rings is 1. The first kappa shape index (κ1) is 25.4. The van der Waals surface area contributed by atoms with Gasteiger partial charge in [0, 0.05) is 49.3 Å². The second-order valence-corrected chi connectivity index (χ2v) is 11.7. The van der Waals surface area contributed by atoms with Gasteiger partial charge in [-0.2, -0.15) is 4.31 Å². The first-order valence-corrected chi connectivity index (χ1v) is 13.4. The van der Waals surface area contributed by atoms with Crippen molar-refractivity contribution in [2.24, 2.45) is 5.73 Å². The Balaban J connectivity index is 0.00000274. The minimum absolute atomic E-state index is 0. The van der Waals surface area contributed by atoms with Gasteiger partial charge in [0.25, 0.3) is 0 Å². The molecule has 2 fully saturated rings. The van der Waals surface area contributed by atoms with Crippen molar-refractivity contribution >= 4 is 22.4 Å². The van der Waals surface area contributed by atoms with Crippen LogP contribution in [0.3, 0.4) is 0 Å². The van der Waals surface area contributed by atoms with Crippen LogP contribution < -0.4 is 21.1 Å². The van der Waals surface area contributed by atoms with Gasteiger partial charge in [-0.15, -0.1) is 12.4 Å². The van der Waals surface area contributed by atoms with Gasteiger partial charge in [0.05, 0.1) is 4.90 Å². The number of hydrogen-bond acceptors (Lipinski definition) is 6. The van der Waals surface area contributed by atoms with Crippen LogP contribution >= 0.6 is 12.4 Å². The van der Waals surface area contributed by atoms with Crippen LogP contribution in [0.25, 0.3) is 0 Å². The van der Waals surface area contributed by atoms with E-state index in [9.17, 15) is 8.42 Å². The van der Waals surface area contributed by atoms with Gasteiger partial charge in [-0.1, -0.05) is 30.3 Å². The van der Waals surface area contributed by atoms with Crippen molar-refractivity contribution in [3.8, 4) is 5.75 Å². The predicted octanol–water partition coefficient (Wildman–Crippen LogP) is 3.09. The fourth-order valence-corrected chi connectivity index (χ4v) is 6.97. The van der Waals surface area contributed by atoms with Crippen molar-refractivity contribution in [3.63, 3.8) is 0 Å². The van der Waals surface area contributed by atoms with Crippen molar-refractivity contribution < 1.29 is 13.2 Å². The van der Waals surface area contributed by atoms with E-state index in [-0.39, 0.29) is 24.5 Å². The zero-order valence-electron chi connectivity index (χ0n) is 19.6. The molecule has 0 spiro atoms. The molecule has 2 saturated heterocycles. The normalized spacial score (nSPS) is 27.1. The highest BCUT2D eigenvalue weighted by molar-refractivity contribution is 7.89. The molecule has 1 unspecified atom stereocenters. The van der Waals surface area contributed by atoms with Crippen LogP contribution in [0.4, 0.5) is 0 Å². The summed E-state index contributed by atoms with van der Waals surface area (Å²) in [5.41, 5.74) is 8.47. The lowest BCUT2D eigenvalue weighted by atomic mass is 9.92. The van der Waals surface area contributed by atoms with Crippen LogP contribution in [-0.4, -0.2) is 44.1 Å². The Labute approximate surface area is 208 Å². The van der Waals surface area contributed by atoms with E-state index in [1.54, 1.807) is 16.4 Å². The molecule has 0 bridgehead atoms. The van der Waals surface area contributed by atoms with Crippen LogP contribution in [0, 0.1) is 0 Å². The highest BCUT2D eigenvalue weighted by Gasteiger charge is 2.36. The van der Waals surface area contributed by atoms with Crippen molar-refractivity contribution in [3.05, 3.63) is 59.2 Å². The quantitative estimate of drug-likeness (QED) is 0.557. The molecule has 0 amide bonds. The van der Waals surface area contributed by atoms with E-state index >= 15 is 0 Å². The maximum atomic E-state index is 13.3. The average molecular weight is 507 g/mol. The minimum Gasteiger partial charge on any atom is -0.472 e. The summed E-state index contributed by atoms with van der Waals surface area (Å²) in [6.07, 6.45) is 4.47. The summed E-state index contributed by atoms with van der Waals surface area (Å²) in [5.74, 6) is 0.730. The molecule has 2 aromatic rings. The minimum atomic E-state index is -3.52. The van der Waals surface area contributed by atoms with E-state index in [2.05, 4.69) is 34.9 Å². The molecule has 3 aliphatic rings. The Bertz CT molecular complexity index is 1100. The van der Waals surface area contributed by atoms with Crippen LogP contribution in [0.2, 0.25) is 0 Å². The summed E-state index contributed by atoms with van der Waals surface area (Å²) in [7, 11) is -3.52. The van der Waals surface area contributed by atoms with E-state index in [1.165, 1.54) is 5.56 Å². The first-order valence-electron chi connectivity index (χ1n) is 12.0. The topological polar surface area (TPSA) is 96.7 Å². The summed E-state index contributed by atoms with van der Waals surface area (Å²) < 4.78 is 34.3. The van der Waals surface area contributed by atoms with Gasteiger partial charge >= 0.3 is 0 Å². The molecule has 7 nitrogen and oxygen atoms in total. The molecule has 5 rings (SSSR count). The molecule has 0 aromatic heterocycles. The Morgan fingerprint density at radius 1 is 1.18 bits per heavy atom. The molecule has 3 aliphatic heterocycles. The number of fused-ring (bicyclic) bond motifs is 1. The smallest absolute Gasteiger partial charge is 0.243 e. The highest BCUT2D eigenvalue weighted by Crippen LogP contribution is 2.39. The van der Waals surface area contributed by atoms with Gasteiger partial charge < -0.3 is 15.4 Å². The molecule has 0 aliphatic carbocycles. The predicted molar refractivity (Wildman–Crippen MR) is 136 cm³/mol. The van der Waals surface area contributed by atoms with Gasteiger partial charge in [0.2, 0.25) is 10.0 Å². The summed E-state index contributed by atoms with van der Waals surface area (Å²) in [6, 6.07) is 14.5. The highest BCUT2D eigenvalue weighted by atomic mass is 35.5. The summed E-state index contributed by atoms with van der Waals surface area (Å²) in [5, 5.41) is 7.34. The van der Waals surface area contributed by atoms with Crippen molar-refractivity contribution in [1.29, 1.82) is 0 Å². The molecule has 0 radical (unpaired) electrons. The van der Waals surface area contributed by atoms with Gasteiger partial charge in [0.15, 0.2) is 5.72 Å². The third kappa shape index (κ3) is 5.12. The van der Waals surface area contributed by atoms with Crippen molar-refractivity contribution in [2.45, 2.75) is 68.3 Å². The summed E-state index contributed by atoms with van der Waals surface area (Å²) in [6.45, 7) is 4.54. The molecule has 186 valence electrons. The third-order valence-corrected chi connectivity index (χ3v) is 8.84. The fourth-order valence-electron chi connectivity index (χ4n) is 5.35. The number of nitrogens with two attached hydrogens (primary N) is 1. The van der Waals surface area contributed by atoms with Gasteiger partial charge in [0.1, 0.15) is 5.75 Å². The van der Waals surface area contributed by atoms with Gasteiger partial charge in [-0.05, 0) is 56.8 Å². The van der Waals surface area contributed by atoms with E-state index in [4.69, 9.17) is 10.5 Å². The Morgan fingerprint density at radius 3 is 2.65 bits per heavy atom. The number of halogens is 1. The molecule has 9 heteroatoms. The lowest BCUT2D eigenvalue weighted by Crippen LogP contribution is -2.45. The second kappa shape index (κ2) is 10.1. The Morgan fingerprint density at radius 2 is 1.91 bits per heavy atom. The molecular weight excluding hydrogens is 472 g/mol. The maximum Gasteiger partial charge on any atom is 0.243 e. The van der Waals surface area contributed by atoms with Crippen molar-refractivity contribution in [2.75, 3.05) is 19.6 Å². The molecular formula is C25H35ClN4O3S. The summed E-state index contributed by atoms with van der Waals surface area (Å²) in [4.78, 5) is 0.350. The van der Waals surface area contributed by atoms with Gasteiger partial charge in [-0.25, -0.2) is 8.42 Å². The monoisotopic (exact) mass is 506 g/mol. The zero-order chi connectivity index (χ0) is 23.1. The fraction of sp³-hybridized carbons (Fsp3) is 0.520. The molecule has 0 saturated carbocycles. The average Bonchev–Trinajstić information content (AvgIpc) is 3.45. The van der Waals surface area contributed by atoms with E-state index < -0.39 is 15.7 Å². The standard InChI is InChI=1S/C25H34N4O3S.ClH/c1-25(26)16-19-14-21(33(30,31)29-12-5-6-13-29)15-20(24(19)32-25)17-28-22-10-7-11-27-23(22)18-8-3-2-4-9-18;/h2-4,8-9,14-15,22-23,27-28H,5-7,10-13,16-17,26H2,1H3;1H/t22-,23-,25?;/m0./s1. The zero-order valence-corrected chi connectivity index (χ0v) is 21.3. The number of rotatable bonds is 6. The number of nitrogens with zero attached hydrogens (tertiary/aromatic N) is 1. The molecule has 4 N–H and O–H groups in total. The number of hydrogen-bond donors (Lipinski definition) is 3. The maximum absolute atomic E-state index is 13.3. The third-order valence-electron chi connectivity index (χ3n) is 6.97. The van der Waals surface area contributed by atoms with E-state index in [0.29, 0.717) is 31.0 Å². The molecule has 3 atom stereocenters. The van der Waals surface area contributed by atoms with Crippen LogP contribution in [0.1, 0.15) is 55.3 Å². The number of sulfonamides is 1. The lowest BCUT2D eigenvalue weighted by Gasteiger charge is -2.34. The SMILES string of the molecule is CC1(N)Cc2cc(S(=O)(=O)N3CCCC3)cc(CN[C@H]3CCCN[C@H]3c3ccccc3)c2O1.Cl. The van der Waals surface area contributed by atoms with Crippen molar-refractivity contribution in [1.82, 2.24) is 14.9 Å². The number of nitrogens with one attached hydrogen (secondary N) is 2. The van der Waals surface area contributed by atoms with Crippen LogP contribution in [-0.2, 0) is 23.0 Å². The Hall–Kier alpha value is -1.68. The van der Waals surface area contributed by atoms with Gasteiger partial charge in [-0.3, -0.25) is 5.73 Å². The molecule has 2 aromatic carbocycles. The second-order valence-electron chi connectivity index (χ2n) is 9.75. The molecule has 34 heavy (non-hydrogen) atoms. The first-order chi connectivity index (χ1) is 15.8. The summed E-state index contributed by atoms with van der Waals surface area (Å²) >= 11 is 0. The Kier molecular flexibility index (Phi) is 7.57. The number of ether oxygens (including phenoxy) is 1. The largest absolute Gasteiger partial charge is 0.472 e.